The summed E-state index contributed by atoms with van der Waals surface area (Å²) in [6.45, 7) is 2.00. The predicted octanol–water partition coefficient (Wildman–Crippen LogP) is 3.31. The molecule has 2 N–H and O–H groups in total. The van der Waals surface area contributed by atoms with Crippen LogP contribution in [0, 0.1) is 5.82 Å². The highest BCUT2D eigenvalue weighted by atomic mass is 35.5. The molecule has 1 fully saturated rings. The zero-order chi connectivity index (χ0) is 20.3. The average Bonchev–Trinajstić information content (AvgIpc) is 3.22. The van der Waals surface area contributed by atoms with Crippen molar-refractivity contribution in [3.8, 4) is 0 Å². The van der Waals surface area contributed by atoms with E-state index in [0.717, 1.165) is 12.8 Å². The third-order valence-electron chi connectivity index (χ3n) is 4.94. The molecule has 1 aliphatic rings. The van der Waals surface area contributed by atoms with E-state index in [1.165, 1.54) is 29.4 Å². The van der Waals surface area contributed by atoms with E-state index in [1.54, 1.807) is 19.1 Å². The summed E-state index contributed by atoms with van der Waals surface area (Å²) in [6, 6.07) is 5.80. The Morgan fingerprint density at radius 1 is 1.32 bits per heavy atom. The lowest BCUT2D eigenvalue weighted by Gasteiger charge is -2.35. The number of nitrogens with zero attached hydrogens (tertiary/aromatic N) is 1. The molecule has 0 aliphatic carbocycles. The Hall–Kier alpha value is -2.38. The van der Waals surface area contributed by atoms with Gasteiger partial charge in [0.25, 0.3) is 5.91 Å². The first kappa shape index (κ1) is 20.4. The third kappa shape index (κ3) is 4.20. The number of rotatable bonds is 5. The van der Waals surface area contributed by atoms with Crippen molar-refractivity contribution in [3.05, 3.63) is 58.8 Å². The molecule has 2 aromatic rings. The zero-order valence-corrected chi connectivity index (χ0v) is 16.2. The van der Waals surface area contributed by atoms with Crippen molar-refractivity contribution in [1.29, 1.82) is 0 Å². The average molecular weight is 409 g/mol. The summed E-state index contributed by atoms with van der Waals surface area (Å²) in [7, 11) is 0. The molecule has 28 heavy (non-hydrogen) atoms. The SMILES string of the molecule is CC(NC(=O)C1CCCCN1C(=O)c1ccco1)C(O)c1c(F)cccc1Cl. The number of aliphatic hydroxyl groups is 1. The number of carbonyl (C=O) groups excluding carboxylic acids is 2. The van der Waals surface area contributed by atoms with Crippen molar-refractivity contribution in [1.82, 2.24) is 10.2 Å². The van der Waals surface area contributed by atoms with Gasteiger partial charge in [0.05, 0.1) is 12.3 Å². The lowest BCUT2D eigenvalue weighted by atomic mass is 9.99. The van der Waals surface area contributed by atoms with Gasteiger partial charge in [-0.1, -0.05) is 17.7 Å². The molecule has 0 spiro atoms. The highest BCUT2D eigenvalue weighted by Crippen LogP contribution is 2.28. The number of hydrogen-bond donors (Lipinski definition) is 2. The molecule has 0 radical (unpaired) electrons. The molecule has 3 unspecified atom stereocenters. The standard InChI is InChI=1S/C20H22ClFN2O4/c1-12(18(25)17-13(21)6-4-7-14(17)22)23-19(26)15-8-2-3-10-24(15)20(27)16-9-5-11-28-16/h4-7,9,11-12,15,18,25H,2-3,8,10H2,1H3,(H,23,26). The molecule has 3 rings (SSSR count). The fourth-order valence-corrected chi connectivity index (χ4v) is 3.71. The first-order chi connectivity index (χ1) is 13.4. The molecule has 1 aromatic carbocycles. The maximum Gasteiger partial charge on any atom is 0.290 e. The number of nitrogens with one attached hydrogen (secondary N) is 1. The number of carbonyl (C=O) groups is 2. The second-order valence-corrected chi connectivity index (χ2v) is 7.27. The van der Waals surface area contributed by atoms with Crippen molar-refractivity contribution in [2.75, 3.05) is 6.54 Å². The lowest BCUT2D eigenvalue weighted by Crippen LogP contribution is -2.54. The van der Waals surface area contributed by atoms with Crippen LogP contribution in [-0.4, -0.2) is 40.4 Å². The van der Waals surface area contributed by atoms with E-state index in [4.69, 9.17) is 16.0 Å². The monoisotopic (exact) mass is 408 g/mol. The Balaban J connectivity index is 1.72. The minimum Gasteiger partial charge on any atom is -0.459 e. The number of halogens is 2. The Morgan fingerprint density at radius 2 is 2.11 bits per heavy atom. The maximum absolute atomic E-state index is 14.1. The van der Waals surface area contributed by atoms with E-state index >= 15 is 0 Å². The summed E-state index contributed by atoms with van der Waals surface area (Å²) in [5, 5.41) is 13.3. The minimum absolute atomic E-state index is 0.0656. The minimum atomic E-state index is -1.32. The molecular formula is C20H22ClFN2O4. The van der Waals surface area contributed by atoms with Crippen molar-refractivity contribution in [3.63, 3.8) is 0 Å². The van der Waals surface area contributed by atoms with Gasteiger partial charge in [0.1, 0.15) is 18.0 Å². The number of piperidine rings is 1. The van der Waals surface area contributed by atoms with Crippen molar-refractivity contribution >= 4 is 23.4 Å². The van der Waals surface area contributed by atoms with Crippen LogP contribution in [0.3, 0.4) is 0 Å². The molecule has 8 heteroatoms. The highest BCUT2D eigenvalue weighted by molar-refractivity contribution is 6.31. The van der Waals surface area contributed by atoms with E-state index in [9.17, 15) is 19.1 Å². The van der Waals surface area contributed by atoms with E-state index in [-0.39, 0.29) is 22.3 Å². The van der Waals surface area contributed by atoms with Crippen LogP contribution in [0.25, 0.3) is 0 Å². The lowest BCUT2D eigenvalue weighted by molar-refractivity contribution is -0.128. The fourth-order valence-electron chi connectivity index (χ4n) is 3.43. The molecular weight excluding hydrogens is 387 g/mol. The molecule has 2 heterocycles. The summed E-state index contributed by atoms with van der Waals surface area (Å²) >= 11 is 6.00. The third-order valence-corrected chi connectivity index (χ3v) is 5.27. The Morgan fingerprint density at radius 3 is 2.79 bits per heavy atom. The molecule has 150 valence electrons. The van der Waals surface area contributed by atoms with Gasteiger partial charge in [-0.05, 0) is 50.5 Å². The van der Waals surface area contributed by atoms with Crippen LogP contribution in [0.4, 0.5) is 4.39 Å². The first-order valence-electron chi connectivity index (χ1n) is 9.17. The largest absolute Gasteiger partial charge is 0.459 e. The zero-order valence-electron chi connectivity index (χ0n) is 15.4. The maximum atomic E-state index is 14.1. The molecule has 1 aliphatic heterocycles. The number of likely N-dealkylation sites (tertiary alicyclic amines) is 1. The Labute approximate surface area is 167 Å². The molecule has 1 aromatic heterocycles. The quantitative estimate of drug-likeness (QED) is 0.795. The second kappa shape index (κ2) is 8.75. The van der Waals surface area contributed by atoms with E-state index in [1.807, 2.05) is 0 Å². The van der Waals surface area contributed by atoms with Crippen LogP contribution < -0.4 is 5.32 Å². The summed E-state index contributed by atoms with van der Waals surface area (Å²) < 4.78 is 19.2. The van der Waals surface area contributed by atoms with Gasteiger partial charge in [-0.2, -0.15) is 0 Å². The van der Waals surface area contributed by atoms with Gasteiger partial charge < -0.3 is 19.7 Å². The normalized spacial score (nSPS) is 19.1. The van der Waals surface area contributed by atoms with Gasteiger partial charge in [-0.3, -0.25) is 9.59 Å². The first-order valence-corrected chi connectivity index (χ1v) is 9.54. The van der Waals surface area contributed by atoms with Crippen LogP contribution in [0.15, 0.2) is 41.0 Å². The molecule has 3 atom stereocenters. The summed E-state index contributed by atoms with van der Waals surface area (Å²) in [5.41, 5.74) is -0.0656. The fraction of sp³-hybridized carbons (Fsp3) is 0.400. The number of furan rings is 1. The van der Waals surface area contributed by atoms with Crippen molar-refractivity contribution in [2.24, 2.45) is 0 Å². The summed E-state index contributed by atoms with van der Waals surface area (Å²) in [5.74, 6) is -1.23. The molecule has 1 saturated heterocycles. The van der Waals surface area contributed by atoms with Crippen molar-refractivity contribution in [2.45, 2.75) is 44.4 Å². The Kier molecular flexibility index (Phi) is 6.36. The highest BCUT2D eigenvalue weighted by Gasteiger charge is 2.35. The second-order valence-electron chi connectivity index (χ2n) is 6.86. The van der Waals surface area contributed by atoms with Gasteiger partial charge in [-0.25, -0.2) is 4.39 Å². The van der Waals surface area contributed by atoms with Gasteiger partial charge >= 0.3 is 0 Å². The van der Waals surface area contributed by atoms with Crippen LogP contribution in [0.5, 0.6) is 0 Å². The van der Waals surface area contributed by atoms with Crippen molar-refractivity contribution < 1.29 is 23.5 Å². The number of benzene rings is 1. The molecule has 6 nitrogen and oxygen atoms in total. The van der Waals surface area contributed by atoms with Crippen LogP contribution in [0.2, 0.25) is 5.02 Å². The predicted molar refractivity (Wildman–Crippen MR) is 101 cm³/mol. The van der Waals surface area contributed by atoms with E-state index < -0.39 is 29.9 Å². The topological polar surface area (TPSA) is 82.8 Å². The van der Waals surface area contributed by atoms with Gasteiger partial charge in [-0.15, -0.1) is 0 Å². The smallest absolute Gasteiger partial charge is 0.290 e. The number of hydrogen-bond acceptors (Lipinski definition) is 4. The van der Waals surface area contributed by atoms with Gasteiger partial charge in [0.15, 0.2) is 5.76 Å². The van der Waals surface area contributed by atoms with Gasteiger partial charge in [0, 0.05) is 17.1 Å². The van der Waals surface area contributed by atoms with Crippen LogP contribution >= 0.6 is 11.6 Å². The number of amides is 2. The van der Waals surface area contributed by atoms with Crippen LogP contribution in [0.1, 0.15) is 48.4 Å². The number of aliphatic hydroxyl groups excluding tert-OH is 1. The van der Waals surface area contributed by atoms with Crippen LogP contribution in [-0.2, 0) is 4.79 Å². The van der Waals surface area contributed by atoms with E-state index in [2.05, 4.69) is 5.32 Å². The Bertz CT molecular complexity index is 822. The molecule has 0 saturated carbocycles. The molecule has 0 bridgehead atoms. The van der Waals surface area contributed by atoms with Gasteiger partial charge in [0.2, 0.25) is 5.91 Å². The molecule has 2 amide bonds. The summed E-state index contributed by atoms with van der Waals surface area (Å²) in [6.07, 6.45) is 2.18. The summed E-state index contributed by atoms with van der Waals surface area (Å²) in [4.78, 5) is 26.9. The van der Waals surface area contributed by atoms with E-state index in [0.29, 0.717) is 13.0 Å².